The highest BCUT2D eigenvalue weighted by atomic mass is 16.5. The van der Waals surface area contributed by atoms with Crippen molar-refractivity contribution >= 4 is 28.5 Å². The monoisotopic (exact) mass is 444 g/mol. The van der Waals surface area contributed by atoms with Crippen LogP contribution in [0.15, 0.2) is 133 Å². The van der Waals surface area contributed by atoms with Gasteiger partial charge in [-0.1, -0.05) is 60.7 Å². The summed E-state index contributed by atoms with van der Waals surface area (Å²) < 4.78 is 12.1. The van der Waals surface area contributed by atoms with Gasteiger partial charge in [0.1, 0.15) is 0 Å². The van der Waals surface area contributed by atoms with Crippen LogP contribution in [0.5, 0.6) is 11.5 Å². The summed E-state index contributed by atoms with van der Waals surface area (Å²) in [4.78, 5) is 17.1. The first-order valence-corrected chi connectivity index (χ1v) is 11.0. The van der Waals surface area contributed by atoms with E-state index >= 15 is 0 Å². The van der Waals surface area contributed by atoms with Crippen LogP contribution in [0.1, 0.15) is 0 Å². The van der Waals surface area contributed by atoms with E-state index in [9.17, 15) is 4.79 Å². The van der Waals surface area contributed by atoms with Crippen LogP contribution < -0.4 is 19.3 Å². The maximum absolute atomic E-state index is 13.2. The first-order valence-electron chi connectivity index (χ1n) is 11.0. The van der Waals surface area contributed by atoms with Gasteiger partial charge in [-0.2, -0.15) is 0 Å². The SMILES string of the molecule is O=C(C=C1Oc2ccccc2N1c1ccccc1)C=C1Oc2ccccc2N1c1ccccc1. The molecule has 0 N–H and O–H groups in total. The molecule has 5 heteroatoms. The molecule has 6 rings (SSSR count). The molecular weight excluding hydrogens is 424 g/mol. The zero-order chi connectivity index (χ0) is 22.9. The minimum atomic E-state index is -0.243. The van der Waals surface area contributed by atoms with Gasteiger partial charge in [0, 0.05) is 23.5 Å². The number of allylic oxidation sites excluding steroid dienone is 2. The van der Waals surface area contributed by atoms with Crippen LogP contribution in [0.4, 0.5) is 22.7 Å². The van der Waals surface area contributed by atoms with E-state index in [1.54, 1.807) is 0 Å². The summed E-state index contributed by atoms with van der Waals surface area (Å²) in [5.41, 5.74) is 3.59. The number of rotatable bonds is 4. The third-order valence-electron chi connectivity index (χ3n) is 5.64. The summed E-state index contributed by atoms with van der Waals surface area (Å²) in [7, 11) is 0. The molecule has 0 aromatic heterocycles. The lowest BCUT2D eigenvalue weighted by molar-refractivity contribution is -0.110. The molecule has 0 atom stereocenters. The number of ether oxygens (including phenoxy) is 2. The van der Waals surface area contributed by atoms with E-state index in [-0.39, 0.29) is 5.78 Å². The third kappa shape index (κ3) is 3.49. The molecule has 0 radical (unpaired) electrons. The molecule has 0 unspecified atom stereocenters. The molecule has 164 valence electrons. The number of ketones is 1. The fraction of sp³-hybridized carbons (Fsp3) is 0. The van der Waals surface area contributed by atoms with Crippen molar-refractivity contribution in [3.63, 3.8) is 0 Å². The molecule has 2 aliphatic heterocycles. The second-order valence-corrected chi connectivity index (χ2v) is 7.85. The first-order chi connectivity index (χ1) is 16.8. The normalized spacial score (nSPS) is 16.2. The summed E-state index contributed by atoms with van der Waals surface area (Å²) in [5.74, 6) is 2.04. The van der Waals surface area contributed by atoms with Gasteiger partial charge in [0.25, 0.3) is 0 Å². The fourth-order valence-corrected chi connectivity index (χ4v) is 4.17. The number of hydrogen-bond acceptors (Lipinski definition) is 5. The molecule has 2 aliphatic rings. The number of anilines is 4. The zero-order valence-electron chi connectivity index (χ0n) is 18.2. The molecule has 4 aromatic rings. The molecule has 0 bridgehead atoms. The highest BCUT2D eigenvalue weighted by Gasteiger charge is 2.30. The van der Waals surface area contributed by atoms with Crippen LogP contribution >= 0.6 is 0 Å². The van der Waals surface area contributed by atoms with Crippen molar-refractivity contribution in [2.75, 3.05) is 9.80 Å². The molecule has 0 aliphatic carbocycles. The number of carbonyl (C=O) groups excluding carboxylic acids is 1. The van der Waals surface area contributed by atoms with Crippen molar-refractivity contribution in [2.45, 2.75) is 0 Å². The maximum Gasteiger partial charge on any atom is 0.209 e. The number of hydrogen-bond donors (Lipinski definition) is 0. The standard InChI is InChI=1S/C29H20N2O3/c32-23(19-28-30(21-11-3-1-4-12-21)24-15-7-9-17-26(24)33-28)20-29-31(22-13-5-2-6-14-22)25-16-8-10-18-27(25)34-29/h1-20H. The Balaban J connectivity index is 1.38. The Hall–Kier alpha value is -4.77. The Morgan fingerprint density at radius 3 is 1.35 bits per heavy atom. The third-order valence-corrected chi connectivity index (χ3v) is 5.64. The fourth-order valence-electron chi connectivity index (χ4n) is 4.17. The predicted molar refractivity (Wildman–Crippen MR) is 132 cm³/mol. The molecule has 0 spiro atoms. The van der Waals surface area contributed by atoms with Crippen LogP contribution in [0.25, 0.3) is 0 Å². The summed E-state index contributed by atoms with van der Waals surface area (Å²) in [6.45, 7) is 0. The zero-order valence-corrected chi connectivity index (χ0v) is 18.2. The minimum absolute atomic E-state index is 0.243. The summed E-state index contributed by atoms with van der Waals surface area (Å²) in [6, 6.07) is 35.1. The molecule has 34 heavy (non-hydrogen) atoms. The van der Waals surface area contributed by atoms with Gasteiger partial charge in [0.15, 0.2) is 17.3 Å². The Kier molecular flexibility index (Phi) is 4.85. The van der Waals surface area contributed by atoms with Crippen molar-refractivity contribution in [1.82, 2.24) is 0 Å². The average Bonchev–Trinajstić information content (AvgIpc) is 3.42. The van der Waals surface area contributed by atoms with Crippen molar-refractivity contribution in [3.8, 4) is 11.5 Å². The first kappa shape index (κ1) is 19.9. The van der Waals surface area contributed by atoms with Crippen molar-refractivity contribution in [1.29, 1.82) is 0 Å². The maximum atomic E-state index is 13.2. The van der Waals surface area contributed by atoms with Gasteiger partial charge in [-0.15, -0.1) is 0 Å². The van der Waals surface area contributed by atoms with E-state index in [2.05, 4.69) is 0 Å². The van der Waals surface area contributed by atoms with Crippen molar-refractivity contribution < 1.29 is 14.3 Å². The summed E-state index contributed by atoms with van der Waals surface area (Å²) in [5, 5.41) is 0. The Morgan fingerprint density at radius 1 is 0.529 bits per heavy atom. The predicted octanol–water partition coefficient (Wildman–Crippen LogP) is 6.70. The number of carbonyl (C=O) groups is 1. The van der Waals surface area contributed by atoms with Gasteiger partial charge in [-0.3, -0.25) is 14.6 Å². The molecular formula is C29H20N2O3. The Bertz CT molecular complexity index is 1320. The topological polar surface area (TPSA) is 42.0 Å². The Labute approximate surface area is 197 Å². The van der Waals surface area contributed by atoms with E-state index in [1.807, 2.05) is 119 Å². The number of benzene rings is 4. The van der Waals surface area contributed by atoms with Gasteiger partial charge in [0.05, 0.1) is 11.4 Å². The lowest BCUT2D eigenvalue weighted by Gasteiger charge is -2.19. The molecule has 0 saturated carbocycles. The number of nitrogens with zero attached hydrogens (tertiary/aromatic N) is 2. The van der Waals surface area contributed by atoms with E-state index < -0.39 is 0 Å². The largest absolute Gasteiger partial charge is 0.438 e. The summed E-state index contributed by atoms with van der Waals surface area (Å²) >= 11 is 0. The lowest BCUT2D eigenvalue weighted by atomic mass is 10.2. The van der Waals surface area contributed by atoms with Gasteiger partial charge in [-0.05, 0) is 48.5 Å². The van der Waals surface area contributed by atoms with E-state index in [0.29, 0.717) is 23.3 Å². The minimum Gasteiger partial charge on any atom is -0.438 e. The van der Waals surface area contributed by atoms with Gasteiger partial charge >= 0.3 is 0 Å². The van der Waals surface area contributed by atoms with Crippen LogP contribution in [-0.4, -0.2) is 5.78 Å². The molecule has 0 amide bonds. The van der Waals surface area contributed by atoms with Crippen LogP contribution in [0, 0.1) is 0 Å². The van der Waals surface area contributed by atoms with Crippen LogP contribution in [0.2, 0.25) is 0 Å². The van der Waals surface area contributed by atoms with E-state index in [0.717, 1.165) is 22.7 Å². The molecule has 5 nitrogen and oxygen atoms in total. The van der Waals surface area contributed by atoms with Crippen molar-refractivity contribution in [3.05, 3.63) is 133 Å². The number of fused-ring (bicyclic) bond motifs is 2. The molecule has 4 aromatic carbocycles. The van der Waals surface area contributed by atoms with Gasteiger partial charge in [0.2, 0.25) is 11.8 Å². The Morgan fingerprint density at radius 2 is 0.912 bits per heavy atom. The van der Waals surface area contributed by atoms with Crippen LogP contribution in [-0.2, 0) is 4.79 Å². The van der Waals surface area contributed by atoms with Gasteiger partial charge in [-0.25, -0.2) is 0 Å². The average molecular weight is 444 g/mol. The molecule has 0 fully saturated rings. The quantitative estimate of drug-likeness (QED) is 0.328. The van der Waals surface area contributed by atoms with Crippen LogP contribution in [0.3, 0.4) is 0 Å². The van der Waals surface area contributed by atoms with E-state index in [4.69, 9.17) is 9.47 Å². The molecule has 2 heterocycles. The highest BCUT2D eigenvalue weighted by Crippen LogP contribution is 2.45. The van der Waals surface area contributed by atoms with Crippen molar-refractivity contribution in [2.24, 2.45) is 0 Å². The second-order valence-electron chi connectivity index (χ2n) is 7.85. The second kappa shape index (κ2) is 8.30. The summed E-state index contributed by atoms with van der Waals surface area (Å²) in [6.07, 6.45) is 2.99. The highest BCUT2D eigenvalue weighted by molar-refractivity contribution is 6.02. The molecule has 0 saturated heterocycles. The van der Waals surface area contributed by atoms with E-state index in [1.165, 1.54) is 12.2 Å². The number of para-hydroxylation sites is 6. The van der Waals surface area contributed by atoms with Gasteiger partial charge < -0.3 is 9.47 Å². The smallest absolute Gasteiger partial charge is 0.209 e. The lowest BCUT2D eigenvalue weighted by Crippen LogP contribution is -2.17.